The summed E-state index contributed by atoms with van der Waals surface area (Å²) >= 11 is 0. The quantitative estimate of drug-likeness (QED) is 0.410. The Hall–Kier alpha value is -3.10. The molecule has 0 bridgehead atoms. The highest BCUT2D eigenvalue weighted by Gasteiger charge is 2.47. The number of hydrogen-bond acceptors (Lipinski definition) is 7. The first-order valence-corrected chi connectivity index (χ1v) is 8.30. The molecular weight excluding hydrogens is 356 g/mol. The van der Waals surface area contributed by atoms with E-state index in [4.69, 9.17) is 14.2 Å². The Morgan fingerprint density at radius 2 is 1.81 bits per heavy atom. The van der Waals surface area contributed by atoms with Crippen molar-refractivity contribution in [3.8, 4) is 11.5 Å². The molecule has 1 N–H and O–H groups in total. The molecule has 0 saturated carbocycles. The van der Waals surface area contributed by atoms with Crippen molar-refractivity contribution < 1.29 is 33.4 Å². The van der Waals surface area contributed by atoms with Gasteiger partial charge in [0.05, 0.1) is 14.2 Å². The van der Waals surface area contributed by atoms with Gasteiger partial charge in [-0.15, -0.1) is 0 Å². The predicted molar refractivity (Wildman–Crippen MR) is 93.8 cm³/mol. The van der Waals surface area contributed by atoms with Crippen LogP contribution in [0.3, 0.4) is 0 Å². The van der Waals surface area contributed by atoms with Crippen LogP contribution in [0.4, 0.5) is 4.79 Å². The number of carbonyl (C=O) groups excluding carboxylic acids is 4. The molecule has 1 heterocycles. The molecule has 27 heavy (non-hydrogen) atoms. The molecule has 1 aromatic rings. The van der Waals surface area contributed by atoms with Gasteiger partial charge >= 0.3 is 12.0 Å². The summed E-state index contributed by atoms with van der Waals surface area (Å²) in [5.41, 5.74) is -0.763. The molecule has 1 saturated heterocycles. The summed E-state index contributed by atoms with van der Waals surface area (Å²) in [5, 5.41) is 2.54. The fraction of sp³-hybridized carbons (Fsp3) is 0.444. The molecule has 1 atom stereocenters. The van der Waals surface area contributed by atoms with Gasteiger partial charge in [-0.1, -0.05) is 6.92 Å². The van der Waals surface area contributed by atoms with E-state index in [9.17, 15) is 19.2 Å². The first-order valence-electron chi connectivity index (χ1n) is 8.30. The van der Waals surface area contributed by atoms with Crippen LogP contribution in [-0.4, -0.2) is 61.5 Å². The molecule has 0 spiro atoms. The summed E-state index contributed by atoms with van der Waals surface area (Å²) < 4.78 is 15.1. The van der Waals surface area contributed by atoms with E-state index < -0.39 is 42.4 Å². The summed E-state index contributed by atoms with van der Waals surface area (Å²) in [6.07, 6.45) is 0.390. The highest BCUT2D eigenvalue weighted by Crippen LogP contribution is 2.27. The minimum absolute atomic E-state index is 0.272. The molecule has 1 aliphatic rings. The highest BCUT2D eigenvalue weighted by atomic mass is 16.5. The molecule has 1 fully saturated rings. The number of rotatable bonds is 8. The average Bonchev–Trinajstić information content (AvgIpc) is 2.89. The second-order valence-corrected chi connectivity index (χ2v) is 6.16. The number of nitrogens with zero attached hydrogens (tertiary/aromatic N) is 1. The molecule has 1 aliphatic heterocycles. The van der Waals surface area contributed by atoms with Gasteiger partial charge in [0.1, 0.15) is 12.1 Å². The Morgan fingerprint density at radius 1 is 1.15 bits per heavy atom. The van der Waals surface area contributed by atoms with E-state index in [0.29, 0.717) is 17.9 Å². The summed E-state index contributed by atoms with van der Waals surface area (Å²) in [6.45, 7) is 2.25. The van der Waals surface area contributed by atoms with E-state index in [1.807, 2.05) is 0 Å². The van der Waals surface area contributed by atoms with Crippen molar-refractivity contribution in [2.45, 2.75) is 25.8 Å². The van der Waals surface area contributed by atoms with Gasteiger partial charge in [-0.2, -0.15) is 0 Å². The van der Waals surface area contributed by atoms with E-state index >= 15 is 0 Å². The zero-order valence-electron chi connectivity index (χ0n) is 15.7. The van der Waals surface area contributed by atoms with E-state index in [0.717, 1.165) is 4.90 Å². The maximum absolute atomic E-state index is 12.2. The Balaban J connectivity index is 1.95. The summed E-state index contributed by atoms with van der Waals surface area (Å²) in [6, 6.07) is 3.89. The van der Waals surface area contributed by atoms with E-state index in [2.05, 4.69) is 5.32 Å². The molecule has 0 radical (unpaired) electrons. The monoisotopic (exact) mass is 378 g/mol. The van der Waals surface area contributed by atoms with Gasteiger partial charge in [0.15, 0.2) is 23.9 Å². The van der Waals surface area contributed by atoms with Gasteiger partial charge in [0, 0.05) is 5.56 Å². The van der Waals surface area contributed by atoms with Crippen molar-refractivity contribution in [3.63, 3.8) is 0 Å². The molecule has 146 valence electrons. The molecule has 9 nitrogen and oxygen atoms in total. The minimum atomic E-state index is -1.03. The highest BCUT2D eigenvalue weighted by molar-refractivity contribution is 6.08. The van der Waals surface area contributed by atoms with Crippen LogP contribution in [0.2, 0.25) is 0 Å². The number of nitrogens with one attached hydrogen (secondary N) is 1. The third kappa shape index (κ3) is 4.18. The van der Waals surface area contributed by atoms with Crippen LogP contribution in [0.25, 0.3) is 0 Å². The number of hydrogen-bond donors (Lipinski definition) is 1. The lowest BCUT2D eigenvalue weighted by Crippen LogP contribution is -2.43. The van der Waals surface area contributed by atoms with Gasteiger partial charge in [-0.25, -0.2) is 4.79 Å². The molecular formula is C18H22N2O7. The van der Waals surface area contributed by atoms with Crippen LogP contribution < -0.4 is 14.8 Å². The molecule has 0 unspecified atom stereocenters. The first-order chi connectivity index (χ1) is 12.8. The van der Waals surface area contributed by atoms with Crippen molar-refractivity contribution in [1.82, 2.24) is 10.2 Å². The van der Waals surface area contributed by atoms with Crippen molar-refractivity contribution in [1.29, 1.82) is 0 Å². The summed E-state index contributed by atoms with van der Waals surface area (Å²) in [4.78, 5) is 49.1. The largest absolute Gasteiger partial charge is 0.493 e. The average molecular weight is 378 g/mol. The molecule has 0 aliphatic carbocycles. The molecule has 9 heteroatoms. The molecule has 3 amide bonds. The van der Waals surface area contributed by atoms with Gasteiger partial charge in [0.25, 0.3) is 5.91 Å². The van der Waals surface area contributed by atoms with Crippen LogP contribution in [-0.2, 0) is 14.3 Å². The number of amides is 3. The van der Waals surface area contributed by atoms with Gasteiger partial charge < -0.3 is 19.5 Å². The van der Waals surface area contributed by atoms with Crippen LogP contribution in [0.15, 0.2) is 18.2 Å². The zero-order chi connectivity index (χ0) is 20.2. The number of methoxy groups -OCH3 is 2. The van der Waals surface area contributed by atoms with Crippen molar-refractivity contribution in [2.75, 3.05) is 27.4 Å². The van der Waals surface area contributed by atoms with Gasteiger partial charge in [-0.05, 0) is 31.5 Å². The number of Topliss-reactive ketones (excluding diaryl/α,β-unsaturated/α-hetero) is 1. The van der Waals surface area contributed by atoms with Crippen molar-refractivity contribution >= 4 is 23.7 Å². The Bertz CT molecular complexity index is 777. The maximum atomic E-state index is 12.2. The predicted octanol–water partition coefficient (Wildman–Crippen LogP) is 1.15. The molecule has 0 aromatic heterocycles. The minimum Gasteiger partial charge on any atom is -0.493 e. The van der Waals surface area contributed by atoms with Crippen LogP contribution in [0, 0.1) is 0 Å². The Kier molecular flexibility index (Phi) is 6.04. The number of carbonyl (C=O) groups is 4. The van der Waals surface area contributed by atoms with Crippen LogP contribution in [0.5, 0.6) is 11.5 Å². The standard InChI is InChI=1S/C18H22N2O7/c1-5-18(2)16(23)20(17(24)19-18)9-15(22)27-10-12(21)11-6-7-13(25-3)14(8-11)26-4/h6-8H,5,9-10H2,1-4H3,(H,19,24)/t18-/m0/s1. The first kappa shape index (κ1) is 20.2. The second-order valence-electron chi connectivity index (χ2n) is 6.16. The lowest BCUT2D eigenvalue weighted by molar-refractivity contribution is -0.146. The lowest BCUT2D eigenvalue weighted by Gasteiger charge is -2.18. The van der Waals surface area contributed by atoms with Crippen LogP contribution in [0.1, 0.15) is 30.6 Å². The van der Waals surface area contributed by atoms with Gasteiger partial charge in [-0.3, -0.25) is 19.3 Å². The number of benzene rings is 1. The summed E-state index contributed by atoms with van der Waals surface area (Å²) in [7, 11) is 2.91. The second kappa shape index (κ2) is 8.07. The Labute approximate surface area is 156 Å². The molecule has 2 rings (SSSR count). The number of imide groups is 1. The van der Waals surface area contributed by atoms with Gasteiger partial charge in [0.2, 0.25) is 0 Å². The van der Waals surface area contributed by atoms with Crippen molar-refractivity contribution in [3.05, 3.63) is 23.8 Å². The third-order valence-electron chi connectivity index (χ3n) is 4.41. The van der Waals surface area contributed by atoms with E-state index in [1.54, 1.807) is 19.9 Å². The number of urea groups is 1. The smallest absolute Gasteiger partial charge is 0.326 e. The van der Waals surface area contributed by atoms with E-state index in [1.165, 1.54) is 26.4 Å². The molecule has 1 aromatic carbocycles. The summed E-state index contributed by atoms with van der Waals surface area (Å²) in [5.74, 6) is -0.984. The fourth-order valence-corrected chi connectivity index (χ4v) is 2.54. The van der Waals surface area contributed by atoms with Crippen molar-refractivity contribution in [2.24, 2.45) is 0 Å². The number of ketones is 1. The Morgan fingerprint density at radius 3 is 2.37 bits per heavy atom. The lowest BCUT2D eigenvalue weighted by atomic mass is 9.99. The fourth-order valence-electron chi connectivity index (χ4n) is 2.54. The topological polar surface area (TPSA) is 111 Å². The normalized spacial score (nSPS) is 18.9. The third-order valence-corrected chi connectivity index (χ3v) is 4.41. The van der Waals surface area contributed by atoms with E-state index in [-0.39, 0.29) is 5.56 Å². The zero-order valence-corrected chi connectivity index (χ0v) is 15.7. The SMILES string of the molecule is CC[C@]1(C)NC(=O)N(CC(=O)OCC(=O)c2ccc(OC)c(OC)c2)C1=O. The van der Waals surface area contributed by atoms with Crippen LogP contribution >= 0.6 is 0 Å². The maximum Gasteiger partial charge on any atom is 0.326 e. The number of ether oxygens (including phenoxy) is 3. The number of esters is 1.